The van der Waals surface area contributed by atoms with Gasteiger partial charge in [-0.25, -0.2) is 23.1 Å². The van der Waals surface area contributed by atoms with E-state index in [0.717, 1.165) is 5.69 Å². The van der Waals surface area contributed by atoms with Gasteiger partial charge in [-0.1, -0.05) is 11.6 Å². The second-order valence-corrected chi connectivity index (χ2v) is 6.23. The molecule has 0 unspecified atom stereocenters. The molecule has 2 heterocycles. The zero-order chi connectivity index (χ0) is 13.0. The molecule has 0 saturated carbocycles. The van der Waals surface area contributed by atoms with Crippen molar-refractivity contribution in [3.8, 4) is 0 Å². The van der Waals surface area contributed by atoms with Gasteiger partial charge in [-0.2, -0.15) is 0 Å². The first-order valence-corrected chi connectivity index (χ1v) is 7.87. The number of nitrogens with zero attached hydrogens (tertiary/aromatic N) is 2. The number of hydrogen-bond donors (Lipinski definition) is 1. The minimum Gasteiger partial charge on any atom is -0.250 e. The van der Waals surface area contributed by atoms with Crippen LogP contribution >= 0.6 is 22.9 Å². The molecule has 0 spiro atoms. The highest BCUT2D eigenvalue weighted by atomic mass is 35.5. The van der Waals surface area contributed by atoms with Crippen LogP contribution in [0.5, 0.6) is 0 Å². The molecule has 2 aromatic heterocycles. The van der Waals surface area contributed by atoms with Crippen molar-refractivity contribution < 1.29 is 8.42 Å². The fourth-order valence-electron chi connectivity index (χ4n) is 1.32. The summed E-state index contributed by atoms with van der Waals surface area (Å²) in [5.74, 6) is 0. The number of hydrogen-bond acceptors (Lipinski definition) is 5. The first kappa shape index (κ1) is 13.4. The lowest BCUT2D eigenvalue weighted by molar-refractivity contribution is 0.581. The summed E-state index contributed by atoms with van der Waals surface area (Å²) in [6.07, 6.45) is 1.98. The molecule has 2 rings (SSSR count). The first-order valence-electron chi connectivity index (χ1n) is 5.07. The van der Waals surface area contributed by atoms with E-state index in [9.17, 15) is 8.42 Å². The van der Waals surface area contributed by atoms with Crippen LogP contribution in [0.25, 0.3) is 0 Å². The summed E-state index contributed by atoms with van der Waals surface area (Å²) in [4.78, 5) is 7.80. The lowest BCUT2D eigenvalue weighted by Gasteiger charge is -2.06. The van der Waals surface area contributed by atoms with Crippen molar-refractivity contribution >= 4 is 33.0 Å². The Balaban J connectivity index is 2.02. The lowest BCUT2D eigenvalue weighted by Crippen LogP contribution is -2.26. The second kappa shape index (κ2) is 5.75. The van der Waals surface area contributed by atoms with E-state index >= 15 is 0 Å². The Morgan fingerprint density at radius 1 is 1.39 bits per heavy atom. The summed E-state index contributed by atoms with van der Waals surface area (Å²) in [6, 6.07) is 2.95. The number of nitrogens with one attached hydrogen (secondary N) is 1. The summed E-state index contributed by atoms with van der Waals surface area (Å²) < 4.78 is 26.3. The Hall–Kier alpha value is -1.02. The fourth-order valence-corrected chi connectivity index (χ4v) is 3.40. The van der Waals surface area contributed by atoms with Crippen LogP contribution in [-0.4, -0.2) is 24.9 Å². The minimum absolute atomic E-state index is 0.00931. The molecule has 0 radical (unpaired) electrons. The average molecular weight is 304 g/mol. The molecule has 8 heteroatoms. The third kappa shape index (κ3) is 3.26. The molecule has 96 valence electrons. The number of aromatic nitrogens is 2. The van der Waals surface area contributed by atoms with E-state index in [2.05, 4.69) is 14.7 Å². The third-order valence-corrected chi connectivity index (χ3v) is 4.71. The van der Waals surface area contributed by atoms with Crippen molar-refractivity contribution in [3.05, 3.63) is 40.1 Å². The molecular weight excluding hydrogens is 294 g/mol. The standard InChI is InChI=1S/C10H10ClN3O2S2/c11-10-9(2-1-4-12-10)18(15,16)14-5-3-8-6-17-7-13-8/h1-2,4,6-7,14H,3,5H2. The number of sulfonamides is 1. The Kier molecular flexibility index (Phi) is 4.28. The highest BCUT2D eigenvalue weighted by molar-refractivity contribution is 7.89. The maximum Gasteiger partial charge on any atom is 0.243 e. The van der Waals surface area contributed by atoms with Crippen LogP contribution in [-0.2, 0) is 16.4 Å². The molecule has 5 nitrogen and oxygen atoms in total. The molecular formula is C10H10ClN3O2S2. The monoisotopic (exact) mass is 303 g/mol. The number of pyridine rings is 1. The molecule has 0 aliphatic rings. The van der Waals surface area contributed by atoms with Crippen molar-refractivity contribution in [1.82, 2.24) is 14.7 Å². The maximum absolute atomic E-state index is 11.9. The molecule has 0 amide bonds. The van der Waals surface area contributed by atoms with Crippen molar-refractivity contribution in [2.45, 2.75) is 11.3 Å². The highest BCUT2D eigenvalue weighted by Gasteiger charge is 2.17. The molecule has 0 bridgehead atoms. The van der Waals surface area contributed by atoms with Crippen LogP contribution in [0.2, 0.25) is 5.15 Å². The van der Waals surface area contributed by atoms with Gasteiger partial charge in [-0.3, -0.25) is 0 Å². The average Bonchev–Trinajstić information content (AvgIpc) is 2.82. The zero-order valence-corrected chi connectivity index (χ0v) is 11.6. The van der Waals surface area contributed by atoms with Gasteiger partial charge < -0.3 is 0 Å². The maximum atomic E-state index is 11.9. The zero-order valence-electron chi connectivity index (χ0n) is 9.21. The highest BCUT2D eigenvalue weighted by Crippen LogP contribution is 2.17. The van der Waals surface area contributed by atoms with Gasteiger partial charge >= 0.3 is 0 Å². The quantitative estimate of drug-likeness (QED) is 0.854. The normalized spacial score (nSPS) is 11.6. The van der Waals surface area contributed by atoms with Crippen LogP contribution in [0.4, 0.5) is 0 Å². The molecule has 18 heavy (non-hydrogen) atoms. The number of rotatable bonds is 5. The number of thiazole rings is 1. The van der Waals surface area contributed by atoms with Gasteiger partial charge in [0.1, 0.15) is 10.0 Å². The molecule has 0 fully saturated rings. The minimum atomic E-state index is -3.61. The van der Waals surface area contributed by atoms with E-state index in [4.69, 9.17) is 11.6 Å². The van der Waals surface area contributed by atoms with Crippen molar-refractivity contribution in [3.63, 3.8) is 0 Å². The summed E-state index contributed by atoms with van der Waals surface area (Å²) in [6.45, 7) is 0.275. The SMILES string of the molecule is O=S(=O)(NCCc1cscn1)c1cccnc1Cl. The summed E-state index contributed by atoms with van der Waals surface area (Å²) in [5.41, 5.74) is 2.57. The van der Waals surface area contributed by atoms with E-state index < -0.39 is 10.0 Å². The van der Waals surface area contributed by atoms with Gasteiger partial charge in [0.15, 0.2) is 0 Å². The molecule has 2 aromatic rings. The van der Waals surface area contributed by atoms with Crippen LogP contribution in [0.3, 0.4) is 0 Å². The van der Waals surface area contributed by atoms with Crippen LogP contribution in [0.15, 0.2) is 34.1 Å². The smallest absolute Gasteiger partial charge is 0.243 e. The molecule has 0 aromatic carbocycles. The van der Waals surface area contributed by atoms with Gasteiger partial charge in [-0.15, -0.1) is 11.3 Å². The van der Waals surface area contributed by atoms with Crippen molar-refractivity contribution in [1.29, 1.82) is 0 Å². The van der Waals surface area contributed by atoms with E-state index in [-0.39, 0.29) is 16.6 Å². The predicted octanol–water partition coefficient (Wildman–Crippen LogP) is 1.71. The Bertz CT molecular complexity index is 614. The molecule has 0 aliphatic carbocycles. The van der Waals surface area contributed by atoms with Crippen LogP contribution in [0, 0.1) is 0 Å². The fraction of sp³-hybridized carbons (Fsp3) is 0.200. The summed E-state index contributed by atoms with van der Waals surface area (Å²) in [5, 5.41) is 1.85. The van der Waals surface area contributed by atoms with E-state index in [1.807, 2.05) is 5.38 Å². The second-order valence-electron chi connectivity index (χ2n) is 3.42. The summed E-state index contributed by atoms with van der Waals surface area (Å²) >= 11 is 7.22. The molecule has 0 aliphatic heterocycles. The lowest BCUT2D eigenvalue weighted by atomic mass is 10.3. The largest absolute Gasteiger partial charge is 0.250 e. The van der Waals surface area contributed by atoms with Gasteiger partial charge in [0.05, 0.1) is 11.2 Å². The predicted molar refractivity (Wildman–Crippen MR) is 70.3 cm³/mol. The Labute approximate surface area is 114 Å². The van der Waals surface area contributed by atoms with E-state index in [1.54, 1.807) is 5.51 Å². The van der Waals surface area contributed by atoms with Crippen molar-refractivity contribution in [2.24, 2.45) is 0 Å². The Morgan fingerprint density at radius 3 is 2.89 bits per heavy atom. The van der Waals surface area contributed by atoms with Gasteiger partial charge in [0.2, 0.25) is 10.0 Å². The van der Waals surface area contributed by atoms with Crippen molar-refractivity contribution in [2.75, 3.05) is 6.54 Å². The molecule has 1 N–H and O–H groups in total. The van der Waals surface area contributed by atoms with E-state index in [1.165, 1.54) is 29.7 Å². The third-order valence-electron chi connectivity index (χ3n) is 2.17. The Morgan fingerprint density at radius 2 is 2.22 bits per heavy atom. The summed E-state index contributed by atoms with van der Waals surface area (Å²) in [7, 11) is -3.61. The van der Waals surface area contributed by atoms with Crippen LogP contribution in [0.1, 0.15) is 5.69 Å². The van der Waals surface area contributed by atoms with Gasteiger partial charge in [-0.05, 0) is 12.1 Å². The van der Waals surface area contributed by atoms with Crippen LogP contribution < -0.4 is 4.72 Å². The molecule has 0 saturated heterocycles. The number of halogens is 1. The molecule has 0 atom stereocenters. The van der Waals surface area contributed by atoms with Gasteiger partial charge in [0.25, 0.3) is 0 Å². The topological polar surface area (TPSA) is 72.0 Å². The van der Waals surface area contributed by atoms with Gasteiger partial charge in [0, 0.05) is 24.5 Å². The van der Waals surface area contributed by atoms with E-state index in [0.29, 0.717) is 6.42 Å². The first-order chi connectivity index (χ1) is 8.59.